The van der Waals surface area contributed by atoms with E-state index in [1.54, 1.807) is 6.20 Å². The minimum Gasteiger partial charge on any atom is -0.368 e. The Balaban J connectivity index is 1.54. The van der Waals surface area contributed by atoms with Crippen molar-refractivity contribution in [2.24, 2.45) is 0 Å². The molecule has 1 fully saturated rings. The molecule has 2 aromatic rings. The van der Waals surface area contributed by atoms with Crippen molar-refractivity contribution in [3.05, 3.63) is 36.5 Å². The molecular weight excluding hydrogens is 300 g/mol. The highest BCUT2D eigenvalue weighted by molar-refractivity contribution is 5.49. The van der Waals surface area contributed by atoms with Gasteiger partial charge in [0.05, 0.1) is 6.20 Å². The average molecular weight is 326 g/mol. The van der Waals surface area contributed by atoms with Crippen molar-refractivity contribution in [2.75, 3.05) is 47.8 Å². The van der Waals surface area contributed by atoms with E-state index in [1.165, 1.54) is 18.5 Å². The van der Waals surface area contributed by atoms with Gasteiger partial charge in [0.15, 0.2) is 5.82 Å². The van der Waals surface area contributed by atoms with Crippen molar-refractivity contribution >= 4 is 17.5 Å². The van der Waals surface area contributed by atoms with Gasteiger partial charge < -0.3 is 15.1 Å². The Bertz CT molecular complexity index is 610. The fourth-order valence-electron chi connectivity index (χ4n) is 2.93. The van der Waals surface area contributed by atoms with Gasteiger partial charge in [0, 0.05) is 38.4 Å². The number of rotatable bonds is 7. The normalized spacial score (nSPS) is 14.7. The molecule has 2 heterocycles. The van der Waals surface area contributed by atoms with Crippen LogP contribution in [0.25, 0.3) is 0 Å². The predicted octanol–water partition coefficient (Wildman–Crippen LogP) is 2.80. The Hall–Kier alpha value is -2.37. The van der Waals surface area contributed by atoms with Crippen LogP contribution in [0.2, 0.25) is 0 Å². The zero-order chi connectivity index (χ0) is 16.6. The zero-order valence-electron chi connectivity index (χ0n) is 14.4. The van der Waals surface area contributed by atoms with Gasteiger partial charge in [-0.05, 0) is 18.6 Å². The first-order valence-electron chi connectivity index (χ1n) is 8.85. The molecule has 0 radical (unpaired) electrons. The molecule has 128 valence electrons. The molecule has 0 bridgehead atoms. The van der Waals surface area contributed by atoms with E-state index in [0.717, 1.165) is 45.0 Å². The summed E-state index contributed by atoms with van der Waals surface area (Å²) in [5.74, 6) is 1.55. The minimum absolute atomic E-state index is 0.633. The summed E-state index contributed by atoms with van der Waals surface area (Å²) < 4.78 is 0. The van der Waals surface area contributed by atoms with Crippen molar-refractivity contribution in [3.63, 3.8) is 0 Å². The molecule has 0 saturated carbocycles. The molecule has 1 aliphatic rings. The van der Waals surface area contributed by atoms with Gasteiger partial charge in [-0.1, -0.05) is 38.0 Å². The molecule has 1 aliphatic heterocycles. The minimum atomic E-state index is 0.633. The molecule has 1 aromatic carbocycles. The van der Waals surface area contributed by atoms with Crippen molar-refractivity contribution in [2.45, 2.75) is 26.2 Å². The number of nitrogens with one attached hydrogen (secondary N) is 1. The van der Waals surface area contributed by atoms with Crippen LogP contribution in [0.5, 0.6) is 0 Å². The molecule has 0 aliphatic carbocycles. The Kier molecular flexibility index (Phi) is 5.82. The highest BCUT2D eigenvalue weighted by atomic mass is 15.3. The molecule has 6 heteroatoms. The highest BCUT2D eigenvalue weighted by Crippen LogP contribution is 2.18. The SMILES string of the molecule is CCCCCNc1nncc(N2CCN(c3ccccc3)CC2)n1. The van der Waals surface area contributed by atoms with E-state index in [9.17, 15) is 0 Å². The van der Waals surface area contributed by atoms with Crippen molar-refractivity contribution in [1.29, 1.82) is 0 Å². The lowest BCUT2D eigenvalue weighted by Gasteiger charge is -2.36. The average Bonchev–Trinajstić information content (AvgIpc) is 2.66. The molecule has 1 N–H and O–H groups in total. The fraction of sp³-hybridized carbons (Fsp3) is 0.500. The van der Waals surface area contributed by atoms with Crippen LogP contribution >= 0.6 is 0 Å². The molecule has 3 rings (SSSR count). The van der Waals surface area contributed by atoms with Crippen molar-refractivity contribution in [3.8, 4) is 0 Å². The molecule has 0 atom stereocenters. The van der Waals surface area contributed by atoms with E-state index in [2.05, 4.69) is 67.6 Å². The van der Waals surface area contributed by atoms with Crippen LogP contribution in [0.1, 0.15) is 26.2 Å². The Morgan fingerprint density at radius 2 is 1.75 bits per heavy atom. The third-order valence-electron chi connectivity index (χ3n) is 4.33. The van der Waals surface area contributed by atoms with E-state index in [-0.39, 0.29) is 0 Å². The molecule has 24 heavy (non-hydrogen) atoms. The predicted molar refractivity (Wildman–Crippen MR) is 98.7 cm³/mol. The van der Waals surface area contributed by atoms with Gasteiger partial charge in [-0.25, -0.2) is 0 Å². The second kappa shape index (κ2) is 8.47. The lowest BCUT2D eigenvalue weighted by molar-refractivity contribution is 0.644. The van der Waals surface area contributed by atoms with Crippen LogP contribution in [0.4, 0.5) is 17.5 Å². The first kappa shape index (κ1) is 16.5. The van der Waals surface area contributed by atoms with Gasteiger partial charge in [-0.2, -0.15) is 10.1 Å². The van der Waals surface area contributed by atoms with Crippen molar-refractivity contribution < 1.29 is 0 Å². The largest absolute Gasteiger partial charge is 0.368 e. The van der Waals surface area contributed by atoms with Crippen LogP contribution in [0.3, 0.4) is 0 Å². The number of nitrogens with zero attached hydrogens (tertiary/aromatic N) is 5. The van der Waals surface area contributed by atoms with Crippen LogP contribution in [-0.2, 0) is 0 Å². The smallest absolute Gasteiger partial charge is 0.244 e. The van der Waals surface area contributed by atoms with Gasteiger partial charge in [0.25, 0.3) is 0 Å². The number of para-hydroxylation sites is 1. The number of hydrogen-bond acceptors (Lipinski definition) is 6. The topological polar surface area (TPSA) is 57.2 Å². The lowest BCUT2D eigenvalue weighted by Crippen LogP contribution is -2.46. The van der Waals surface area contributed by atoms with E-state index in [4.69, 9.17) is 0 Å². The summed E-state index contributed by atoms with van der Waals surface area (Å²) in [6.45, 7) is 6.99. The Morgan fingerprint density at radius 3 is 2.50 bits per heavy atom. The summed E-state index contributed by atoms with van der Waals surface area (Å²) in [4.78, 5) is 9.31. The summed E-state index contributed by atoms with van der Waals surface area (Å²) >= 11 is 0. The molecule has 0 unspecified atom stereocenters. The number of piperazine rings is 1. The van der Waals surface area contributed by atoms with Gasteiger partial charge in [-0.15, -0.1) is 5.10 Å². The summed E-state index contributed by atoms with van der Waals surface area (Å²) in [5, 5.41) is 11.5. The monoisotopic (exact) mass is 326 g/mol. The number of anilines is 3. The Morgan fingerprint density at radius 1 is 1.00 bits per heavy atom. The van der Waals surface area contributed by atoms with Crippen LogP contribution in [0, 0.1) is 0 Å². The van der Waals surface area contributed by atoms with E-state index in [0.29, 0.717) is 5.95 Å². The number of aromatic nitrogens is 3. The number of unbranched alkanes of at least 4 members (excludes halogenated alkanes) is 2. The summed E-state index contributed by atoms with van der Waals surface area (Å²) in [7, 11) is 0. The quantitative estimate of drug-likeness (QED) is 0.790. The maximum absolute atomic E-state index is 4.61. The molecule has 1 aromatic heterocycles. The van der Waals surface area contributed by atoms with E-state index >= 15 is 0 Å². The van der Waals surface area contributed by atoms with Crippen LogP contribution < -0.4 is 15.1 Å². The summed E-state index contributed by atoms with van der Waals surface area (Å²) in [5.41, 5.74) is 1.29. The first-order valence-corrected chi connectivity index (χ1v) is 8.85. The highest BCUT2D eigenvalue weighted by Gasteiger charge is 2.18. The van der Waals surface area contributed by atoms with E-state index < -0.39 is 0 Å². The van der Waals surface area contributed by atoms with Gasteiger partial charge in [0.2, 0.25) is 5.95 Å². The van der Waals surface area contributed by atoms with Crippen LogP contribution in [0.15, 0.2) is 36.5 Å². The fourth-order valence-corrected chi connectivity index (χ4v) is 2.93. The number of benzene rings is 1. The maximum Gasteiger partial charge on any atom is 0.244 e. The Labute approximate surface area is 143 Å². The third kappa shape index (κ3) is 4.34. The zero-order valence-corrected chi connectivity index (χ0v) is 14.4. The molecule has 0 spiro atoms. The number of hydrogen-bond donors (Lipinski definition) is 1. The van der Waals surface area contributed by atoms with Gasteiger partial charge >= 0.3 is 0 Å². The van der Waals surface area contributed by atoms with Crippen molar-refractivity contribution in [1.82, 2.24) is 15.2 Å². The van der Waals surface area contributed by atoms with Gasteiger partial charge in [0.1, 0.15) is 0 Å². The standard InChI is InChI=1S/C18H26N6/c1-2-3-7-10-19-18-21-17(15-20-22-18)24-13-11-23(12-14-24)16-8-5-4-6-9-16/h4-6,8-9,15H,2-3,7,10-14H2,1H3,(H,19,21,22). The molecular formula is C18H26N6. The molecule has 6 nitrogen and oxygen atoms in total. The third-order valence-corrected chi connectivity index (χ3v) is 4.33. The van der Waals surface area contributed by atoms with Crippen LogP contribution in [-0.4, -0.2) is 47.9 Å². The molecule has 1 saturated heterocycles. The lowest BCUT2D eigenvalue weighted by atomic mass is 10.2. The first-order chi connectivity index (χ1) is 11.9. The second-order valence-corrected chi connectivity index (χ2v) is 6.08. The van der Waals surface area contributed by atoms with Gasteiger partial charge in [-0.3, -0.25) is 0 Å². The van der Waals surface area contributed by atoms with E-state index in [1.807, 2.05) is 0 Å². The second-order valence-electron chi connectivity index (χ2n) is 6.08. The summed E-state index contributed by atoms with van der Waals surface area (Å²) in [6, 6.07) is 10.6. The summed E-state index contributed by atoms with van der Waals surface area (Å²) in [6.07, 6.45) is 5.34. The molecule has 0 amide bonds. The maximum atomic E-state index is 4.61.